The third kappa shape index (κ3) is 6.06. The molecule has 1 amide bonds. The van der Waals surface area contributed by atoms with Crippen molar-refractivity contribution in [2.45, 2.75) is 56.0 Å². The number of aromatic nitrogens is 2. The number of hydrogen-bond donors (Lipinski definition) is 1. The number of carbonyl (C=O) groups excluding carboxylic acids is 1. The highest BCUT2D eigenvalue weighted by Gasteiger charge is 2.42. The molecule has 0 spiro atoms. The summed E-state index contributed by atoms with van der Waals surface area (Å²) in [7, 11) is 0. The summed E-state index contributed by atoms with van der Waals surface area (Å²) in [5.41, 5.74) is 0.426. The Hall–Kier alpha value is -2.67. The van der Waals surface area contributed by atoms with Crippen LogP contribution in [0.4, 0.5) is 19.0 Å². The molecule has 2 aliphatic carbocycles. The van der Waals surface area contributed by atoms with Crippen molar-refractivity contribution in [3.05, 3.63) is 41.6 Å². The number of amides is 1. The van der Waals surface area contributed by atoms with E-state index >= 15 is 0 Å². The smallest absolute Gasteiger partial charge is 0.355 e. The summed E-state index contributed by atoms with van der Waals surface area (Å²) < 4.78 is 40.2. The first-order valence-electron chi connectivity index (χ1n) is 11.5. The van der Waals surface area contributed by atoms with Crippen molar-refractivity contribution >= 4 is 24.0 Å². The van der Waals surface area contributed by atoms with Gasteiger partial charge in [0.1, 0.15) is 11.4 Å². The molecule has 1 N–H and O–H groups in total. The van der Waals surface area contributed by atoms with Gasteiger partial charge in [-0.15, -0.1) is 0 Å². The van der Waals surface area contributed by atoms with E-state index in [1.54, 1.807) is 4.68 Å². The number of nitriles is 1. The predicted octanol–water partition coefficient (Wildman–Crippen LogP) is 4.71. The van der Waals surface area contributed by atoms with E-state index in [1.165, 1.54) is 30.7 Å². The van der Waals surface area contributed by atoms with Gasteiger partial charge in [-0.2, -0.15) is 35.3 Å². The lowest BCUT2D eigenvalue weighted by Gasteiger charge is -2.20. The highest BCUT2D eigenvalue weighted by molar-refractivity contribution is 7.99. The van der Waals surface area contributed by atoms with Crippen molar-refractivity contribution in [3.63, 3.8) is 0 Å². The van der Waals surface area contributed by atoms with Crippen LogP contribution in [0.25, 0.3) is 5.69 Å². The maximum Gasteiger partial charge on any atom is 0.416 e. The summed E-state index contributed by atoms with van der Waals surface area (Å²) in [6, 6.07) is 9.26. The van der Waals surface area contributed by atoms with Crippen molar-refractivity contribution in [2.24, 2.45) is 5.92 Å². The quantitative estimate of drug-likeness (QED) is 0.568. The topological polar surface area (TPSA) is 74.0 Å². The minimum absolute atomic E-state index is 0.470. The van der Waals surface area contributed by atoms with E-state index in [4.69, 9.17) is 5.26 Å². The predicted molar refractivity (Wildman–Crippen MR) is 126 cm³/mol. The van der Waals surface area contributed by atoms with E-state index in [9.17, 15) is 18.0 Å². The lowest BCUT2D eigenvalue weighted by molar-refractivity contribution is -0.137. The Morgan fingerprint density at radius 3 is 2.50 bits per heavy atom. The van der Waals surface area contributed by atoms with Crippen molar-refractivity contribution < 1.29 is 18.0 Å². The van der Waals surface area contributed by atoms with Gasteiger partial charge in [0.05, 0.1) is 23.0 Å². The third-order valence-electron chi connectivity index (χ3n) is 6.28. The number of benzene rings is 1. The average Bonchev–Trinajstić information content (AvgIpc) is 3.71. The number of anilines is 1. The maximum atomic E-state index is 12.8. The van der Waals surface area contributed by atoms with Crippen LogP contribution in [-0.4, -0.2) is 45.8 Å². The van der Waals surface area contributed by atoms with Gasteiger partial charge in [-0.1, -0.05) is 0 Å². The molecule has 1 aromatic carbocycles. The minimum Gasteiger partial charge on any atom is -0.355 e. The zero-order valence-electron chi connectivity index (χ0n) is 19.0. The molecule has 1 unspecified atom stereocenters. The highest BCUT2D eigenvalue weighted by Crippen LogP contribution is 2.37. The monoisotopic (exact) mass is 491 g/mol. The fraction of sp³-hybridized carbons (Fsp3) is 0.542. The van der Waals surface area contributed by atoms with Crippen molar-refractivity contribution in [2.75, 3.05) is 23.7 Å². The number of alkyl halides is 3. The number of halogens is 3. The normalized spacial score (nSPS) is 20.8. The first-order chi connectivity index (χ1) is 16.2. The summed E-state index contributed by atoms with van der Waals surface area (Å²) in [4.78, 5) is 12.1. The Balaban J connectivity index is 0.000000291. The Labute approximate surface area is 201 Å². The van der Waals surface area contributed by atoms with Crippen molar-refractivity contribution in [3.8, 4) is 11.8 Å². The van der Waals surface area contributed by atoms with Crippen LogP contribution in [0.5, 0.6) is 0 Å². The average molecular weight is 492 g/mol. The molecule has 1 saturated heterocycles. The van der Waals surface area contributed by atoms with Gasteiger partial charge in [-0.05, 0) is 75.0 Å². The molecule has 5 rings (SSSR count). The van der Waals surface area contributed by atoms with E-state index in [1.807, 2.05) is 19.1 Å². The molecule has 1 atom stereocenters. The fourth-order valence-electron chi connectivity index (χ4n) is 3.85. The van der Waals surface area contributed by atoms with E-state index in [2.05, 4.69) is 27.1 Å². The zero-order valence-corrected chi connectivity index (χ0v) is 19.8. The van der Waals surface area contributed by atoms with Crippen LogP contribution in [0.1, 0.15) is 43.4 Å². The summed E-state index contributed by atoms with van der Waals surface area (Å²) in [6.07, 6.45) is 1.78. The lowest BCUT2D eigenvalue weighted by Crippen LogP contribution is -2.27. The van der Waals surface area contributed by atoms with E-state index in [0.717, 1.165) is 61.9 Å². The SMILES string of the molecule is Cc1cc(N2CCC(SCC3CC3)C2)n(-c2ccc(C(F)(F)F)cc2)n1.N#CC1(NC=O)CC1. The standard InChI is InChI=1S/C19H22F3N3S.C5H6N2O/c1-13-10-18(24-9-8-17(11-24)26-12-14-2-3-14)25(23-13)16-6-4-15(5-7-16)19(20,21)22;6-3-5(1-2-5)7-4-8/h4-7,10,14,17H,2-3,8-9,11-12H2,1H3;4H,1-2H2,(H,7,8). The van der Waals surface area contributed by atoms with Gasteiger partial charge in [0, 0.05) is 24.4 Å². The van der Waals surface area contributed by atoms with Crippen LogP contribution in [-0.2, 0) is 11.0 Å². The molecule has 2 aromatic rings. The Bertz CT molecular complexity index is 1040. The number of nitrogens with one attached hydrogen (secondary N) is 1. The second kappa shape index (κ2) is 9.90. The van der Waals surface area contributed by atoms with Gasteiger partial charge < -0.3 is 10.2 Å². The van der Waals surface area contributed by atoms with Crippen LogP contribution in [0.3, 0.4) is 0 Å². The second-order valence-corrected chi connectivity index (χ2v) is 10.5. The molecule has 0 radical (unpaired) electrons. The summed E-state index contributed by atoms with van der Waals surface area (Å²) in [6.45, 7) is 3.86. The molecule has 182 valence electrons. The molecule has 1 aromatic heterocycles. The van der Waals surface area contributed by atoms with Crippen LogP contribution < -0.4 is 10.2 Å². The van der Waals surface area contributed by atoms with Gasteiger partial charge in [-0.3, -0.25) is 4.79 Å². The molecular formula is C24H28F3N5OS. The van der Waals surface area contributed by atoms with Gasteiger partial charge >= 0.3 is 6.18 Å². The molecule has 3 aliphatic rings. The number of carbonyl (C=O) groups is 1. The molecular weight excluding hydrogens is 463 g/mol. The fourth-order valence-corrected chi connectivity index (χ4v) is 5.28. The third-order valence-corrected chi connectivity index (χ3v) is 7.80. The maximum absolute atomic E-state index is 12.8. The summed E-state index contributed by atoms with van der Waals surface area (Å²) in [5, 5.41) is 15.9. The van der Waals surface area contributed by atoms with Crippen LogP contribution >= 0.6 is 11.8 Å². The van der Waals surface area contributed by atoms with Crippen molar-refractivity contribution in [1.29, 1.82) is 5.26 Å². The number of nitrogens with zero attached hydrogens (tertiary/aromatic N) is 4. The molecule has 1 aliphatic heterocycles. The van der Waals surface area contributed by atoms with E-state index in [0.29, 0.717) is 17.3 Å². The number of hydrogen-bond acceptors (Lipinski definition) is 5. The minimum atomic E-state index is -4.32. The van der Waals surface area contributed by atoms with E-state index < -0.39 is 17.3 Å². The van der Waals surface area contributed by atoms with Crippen molar-refractivity contribution in [1.82, 2.24) is 15.1 Å². The van der Waals surface area contributed by atoms with Crippen LogP contribution in [0.15, 0.2) is 30.3 Å². The second-order valence-electron chi connectivity index (χ2n) is 9.19. The molecule has 6 nitrogen and oxygen atoms in total. The van der Waals surface area contributed by atoms with Gasteiger partial charge in [-0.25, -0.2) is 4.68 Å². The summed E-state index contributed by atoms with van der Waals surface area (Å²) in [5.74, 6) is 3.15. The Kier molecular flexibility index (Phi) is 7.12. The Morgan fingerprint density at radius 2 is 1.97 bits per heavy atom. The number of aryl methyl sites for hydroxylation is 1. The molecule has 34 heavy (non-hydrogen) atoms. The van der Waals surface area contributed by atoms with Gasteiger partial charge in [0.25, 0.3) is 0 Å². The molecule has 3 fully saturated rings. The molecule has 2 heterocycles. The lowest BCUT2D eigenvalue weighted by atomic mass is 10.2. The molecule has 10 heteroatoms. The molecule has 2 saturated carbocycles. The Morgan fingerprint density at radius 1 is 1.26 bits per heavy atom. The first kappa shape index (κ1) is 24.5. The van der Waals surface area contributed by atoms with Gasteiger partial charge in [0.2, 0.25) is 6.41 Å². The molecule has 0 bridgehead atoms. The summed E-state index contributed by atoms with van der Waals surface area (Å²) >= 11 is 2.07. The highest BCUT2D eigenvalue weighted by atomic mass is 32.2. The number of thioether (sulfide) groups is 1. The number of rotatable bonds is 7. The van der Waals surface area contributed by atoms with Crippen LogP contribution in [0, 0.1) is 24.2 Å². The first-order valence-corrected chi connectivity index (χ1v) is 12.5. The largest absolute Gasteiger partial charge is 0.416 e. The van der Waals surface area contributed by atoms with E-state index in [-0.39, 0.29) is 0 Å². The van der Waals surface area contributed by atoms with Gasteiger partial charge in [0.15, 0.2) is 0 Å². The van der Waals surface area contributed by atoms with Crippen LogP contribution in [0.2, 0.25) is 0 Å². The zero-order chi connectivity index (χ0) is 24.3.